The zero-order chi connectivity index (χ0) is 14.0. The molecule has 0 saturated carbocycles. The van der Waals surface area contributed by atoms with Crippen LogP contribution in [0.4, 0.5) is 4.79 Å². The standard InChI is InChI=1S/C15H22N2O2/c1-12-15(2,11-13-7-5-4-6-8-13)17(14(18)19)10-9-16(12)3/h4-8,12H,9-11H2,1-3H3,(H,18,19)/t12-,15-/m1/s1. The van der Waals surface area contributed by atoms with Crippen molar-refractivity contribution < 1.29 is 9.90 Å². The maximum atomic E-state index is 11.5. The number of piperazine rings is 1. The summed E-state index contributed by atoms with van der Waals surface area (Å²) in [5.41, 5.74) is 0.790. The molecule has 4 heteroatoms. The van der Waals surface area contributed by atoms with Crippen LogP contribution in [0.2, 0.25) is 0 Å². The highest BCUT2D eigenvalue weighted by Crippen LogP contribution is 2.30. The Hall–Kier alpha value is -1.55. The molecule has 0 aromatic heterocycles. The smallest absolute Gasteiger partial charge is 0.407 e. The van der Waals surface area contributed by atoms with E-state index in [2.05, 4.69) is 37.9 Å². The summed E-state index contributed by atoms with van der Waals surface area (Å²) in [5, 5.41) is 9.46. The lowest BCUT2D eigenvalue weighted by molar-refractivity contribution is -0.0130. The molecule has 1 amide bonds. The molecule has 0 radical (unpaired) electrons. The highest BCUT2D eigenvalue weighted by molar-refractivity contribution is 5.66. The van der Waals surface area contributed by atoms with E-state index in [9.17, 15) is 9.90 Å². The minimum atomic E-state index is -0.821. The van der Waals surface area contributed by atoms with Gasteiger partial charge in [-0.15, -0.1) is 0 Å². The Kier molecular flexibility index (Phi) is 3.80. The number of likely N-dealkylation sites (N-methyl/N-ethyl adjacent to an activating group) is 1. The van der Waals surface area contributed by atoms with Crippen LogP contribution in [0.3, 0.4) is 0 Å². The molecule has 1 N–H and O–H groups in total. The fraction of sp³-hybridized carbons (Fsp3) is 0.533. The van der Waals surface area contributed by atoms with Crippen molar-refractivity contribution in [1.82, 2.24) is 9.80 Å². The lowest BCUT2D eigenvalue weighted by Gasteiger charge is -2.51. The van der Waals surface area contributed by atoms with E-state index in [1.807, 2.05) is 18.2 Å². The Labute approximate surface area is 114 Å². The maximum absolute atomic E-state index is 11.5. The van der Waals surface area contributed by atoms with Gasteiger partial charge in [-0.2, -0.15) is 0 Å². The average Bonchev–Trinajstić information content (AvgIpc) is 2.37. The van der Waals surface area contributed by atoms with Crippen molar-refractivity contribution in [2.75, 3.05) is 20.1 Å². The monoisotopic (exact) mass is 262 g/mol. The van der Waals surface area contributed by atoms with E-state index in [4.69, 9.17) is 0 Å². The van der Waals surface area contributed by atoms with Crippen LogP contribution in [-0.2, 0) is 6.42 Å². The Bertz CT molecular complexity index is 449. The number of hydrogen-bond acceptors (Lipinski definition) is 2. The predicted octanol–water partition coefficient (Wildman–Crippen LogP) is 2.30. The zero-order valence-electron chi connectivity index (χ0n) is 11.8. The van der Waals surface area contributed by atoms with Gasteiger partial charge >= 0.3 is 6.09 Å². The van der Waals surface area contributed by atoms with Crippen molar-refractivity contribution in [3.05, 3.63) is 35.9 Å². The van der Waals surface area contributed by atoms with E-state index in [1.54, 1.807) is 4.90 Å². The molecule has 1 aromatic rings. The summed E-state index contributed by atoms with van der Waals surface area (Å²) >= 11 is 0. The predicted molar refractivity (Wildman–Crippen MR) is 75.4 cm³/mol. The molecule has 1 fully saturated rings. The topological polar surface area (TPSA) is 43.8 Å². The van der Waals surface area contributed by atoms with Gasteiger partial charge in [-0.3, -0.25) is 9.80 Å². The first kappa shape index (κ1) is 13.9. The molecule has 0 spiro atoms. The van der Waals surface area contributed by atoms with Crippen molar-refractivity contribution >= 4 is 6.09 Å². The summed E-state index contributed by atoms with van der Waals surface area (Å²) in [5.74, 6) is 0. The fourth-order valence-corrected chi connectivity index (χ4v) is 2.97. The van der Waals surface area contributed by atoms with Crippen LogP contribution in [0.1, 0.15) is 19.4 Å². The van der Waals surface area contributed by atoms with Gasteiger partial charge in [0.15, 0.2) is 0 Å². The van der Waals surface area contributed by atoms with Gasteiger partial charge in [0.2, 0.25) is 0 Å². The fourth-order valence-electron chi connectivity index (χ4n) is 2.97. The van der Waals surface area contributed by atoms with Gasteiger partial charge in [-0.1, -0.05) is 30.3 Å². The van der Waals surface area contributed by atoms with E-state index in [0.717, 1.165) is 13.0 Å². The summed E-state index contributed by atoms with van der Waals surface area (Å²) in [4.78, 5) is 15.4. The Morgan fingerprint density at radius 2 is 2.00 bits per heavy atom. The van der Waals surface area contributed by atoms with Crippen LogP contribution in [0.15, 0.2) is 30.3 Å². The van der Waals surface area contributed by atoms with Crippen LogP contribution in [0.5, 0.6) is 0 Å². The molecule has 1 saturated heterocycles. The molecular formula is C15H22N2O2. The first-order chi connectivity index (χ1) is 8.95. The molecule has 0 aliphatic carbocycles. The minimum absolute atomic E-state index is 0.192. The van der Waals surface area contributed by atoms with E-state index in [0.29, 0.717) is 6.54 Å². The van der Waals surface area contributed by atoms with Gasteiger partial charge in [0.05, 0.1) is 5.54 Å². The van der Waals surface area contributed by atoms with Gasteiger partial charge in [0.1, 0.15) is 0 Å². The molecule has 0 unspecified atom stereocenters. The van der Waals surface area contributed by atoms with Gasteiger partial charge in [0, 0.05) is 19.1 Å². The lowest BCUT2D eigenvalue weighted by atomic mass is 9.82. The average molecular weight is 262 g/mol. The summed E-state index contributed by atoms with van der Waals surface area (Å²) in [6.45, 7) is 5.52. The number of amides is 1. The second kappa shape index (κ2) is 5.21. The van der Waals surface area contributed by atoms with Crippen LogP contribution in [0, 0.1) is 0 Å². The third kappa shape index (κ3) is 2.59. The second-order valence-electron chi connectivity index (χ2n) is 5.61. The quantitative estimate of drug-likeness (QED) is 0.889. The molecular weight excluding hydrogens is 240 g/mol. The van der Waals surface area contributed by atoms with Gasteiger partial charge in [-0.05, 0) is 32.9 Å². The molecule has 104 valence electrons. The lowest BCUT2D eigenvalue weighted by Crippen LogP contribution is -2.67. The molecule has 2 rings (SSSR count). The van der Waals surface area contributed by atoms with Crippen molar-refractivity contribution in [3.8, 4) is 0 Å². The molecule has 4 nitrogen and oxygen atoms in total. The normalized spacial score (nSPS) is 28.4. The highest BCUT2D eigenvalue weighted by atomic mass is 16.4. The molecule has 1 aromatic carbocycles. The van der Waals surface area contributed by atoms with Crippen LogP contribution >= 0.6 is 0 Å². The number of hydrogen-bond donors (Lipinski definition) is 1. The van der Waals surface area contributed by atoms with Crippen molar-refractivity contribution in [3.63, 3.8) is 0 Å². The Balaban J connectivity index is 2.31. The molecule has 0 bridgehead atoms. The van der Waals surface area contributed by atoms with E-state index >= 15 is 0 Å². The van der Waals surface area contributed by atoms with Gasteiger partial charge in [-0.25, -0.2) is 4.79 Å². The summed E-state index contributed by atoms with van der Waals surface area (Å²) in [6.07, 6.45) is -0.0792. The minimum Gasteiger partial charge on any atom is -0.465 e. The van der Waals surface area contributed by atoms with Crippen LogP contribution in [0.25, 0.3) is 0 Å². The molecule has 19 heavy (non-hydrogen) atoms. The molecule has 1 aliphatic rings. The SMILES string of the molecule is C[C@H]1N(C)CCN(C(=O)O)[C@]1(C)Cc1ccccc1. The maximum Gasteiger partial charge on any atom is 0.407 e. The molecule has 2 atom stereocenters. The van der Waals surface area contributed by atoms with Gasteiger partial charge in [0.25, 0.3) is 0 Å². The number of nitrogens with zero attached hydrogens (tertiary/aromatic N) is 2. The summed E-state index contributed by atoms with van der Waals surface area (Å²) in [7, 11) is 2.06. The summed E-state index contributed by atoms with van der Waals surface area (Å²) < 4.78 is 0. The third-order valence-corrected chi connectivity index (χ3v) is 4.49. The van der Waals surface area contributed by atoms with Crippen molar-refractivity contribution in [2.24, 2.45) is 0 Å². The Morgan fingerprint density at radius 1 is 1.37 bits per heavy atom. The van der Waals surface area contributed by atoms with Crippen molar-refractivity contribution in [1.29, 1.82) is 0 Å². The van der Waals surface area contributed by atoms with E-state index in [1.165, 1.54) is 5.56 Å². The van der Waals surface area contributed by atoms with E-state index in [-0.39, 0.29) is 11.6 Å². The molecule has 1 heterocycles. The van der Waals surface area contributed by atoms with E-state index < -0.39 is 6.09 Å². The van der Waals surface area contributed by atoms with Crippen LogP contribution < -0.4 is 0 Å². The largest absolute Gasteiger partial charge is 0.465 e. The highest BCUT2D eigenvalue weighted by Gasteiger charge is 2.45. The van der Waals surface area contributed by atoms with Crippen LogP contribution in [-0.4, -0.2) is 52.7 Å². The number of benzene rings is 1. The number of rotatable bonds is 2. The van der Waals surface area contributed by atoms with Gasteiger partial charge < -0.3 is 5.11 Å². The first-order valence-corrected chi connectivity index (χ1v) is 6.70. The first-order valence-electron chi connectivity index (χ1n) is 6.70. The molecule has 1 aliphatic heterocycles. The van der Waals surface area contributed by atoms with Crippen molar-refractivity contribution in [2.45, 2.75) is 31.8 Å². The number of carboxylic acid groups (broad SMARTS) is 1. The number of carbonyl (C=O) groups is 1. The second-order valence-corrected chi connectivity index (χ2v) is 5.61. The third-order valence-electron chi connectivity index (χ3n) is 4.49. The summed E-state index contributed by atoms with van der Waals surface area (Å²) in [6, 6.07) is 10.3. The Morgan fingerprint density at radius 3 is 2.58 bits per heavy atom. The zero-order valence-corrected chi connectivity index (χ0v) is 11.8.